The van der Waals surface area contributed by atoms with Gasteiger partial charge in [-0.1, -0.05) is 6.07 Å². The number of guanidine groups is 1. The van der Waals surface area contributed by atoms with Gasteiger partial charge in [0, 0.05) is 31.2 Å². The average Bonchev–Trinajstić information content (AvgIpc) is 3.13. The van der Waals surface area contributed by atoms with E-state index in [1.54, 1.807) is 25.4 Å². The first-order valence-corrected chi connectivity index (χ1v) is 9.86. The van der Waals surface area contributed by atoms with Crippen LogP contribution in [0.15, 0.2) is 46.8 Å². The van der Waals surface area contributed by atoms with E-state index in [1.165, 1.54) is 9.78 Å². The highest BCUT2D eigenvalue weighted by atomic mass is 127. The first-order chi connectivity index (χ1) is 12.9. The Balaban J connectivity index is 0.00000392. The molecule has 6 nitrogen and oxygen atoms in total. The van der Waals surface area contributed by atoms with Crippen LogP contribution in [0.25, 0.3) is 0 Å². The smallest absolute Gasteiger partial charge is 0.243 e. The van der Waals surface area contributed by atoms with Gasteiger partial charge in [-0.3, -0.25) is 4.79 Å². The van der Waals surface area contributed by atoms with Crippen molar-refractivity contribution in [3.05, 3.63) is 46.7 Å². The molecule has 2 N–H and O–H groups in total. The molecule has 1 aromatic heterocycles. The van der Waals surface area contributed by atoms with E-state index in [9.17, 15) is 4.79 Å². The summed E-state index contributed by atoms with van der Waals surface area (Å²) in [6.45, 7) is 4.82. The molecule has 0 fully saturated rings. The number of nitrogens with zero attached hydrogens (tertiary/aromatic N) is 2. The molecule has 2 rings (SSSR count). The first-order valence-electron chi connectivity index (χ1n) is 8.98. The Hall–Kier alpha value is -1.81. The summed E-state index contributed by atoms with van der Waals surface area (Å²) in [5.41, 5.74) is 0.880. The van der Waals surface area contributed by atoms with Gasteiger partial charge in [-0.05, 0) is 56.0 Å². The third-order valence-corrected chi connectivity index (χ3v) is 4.54. The van der Waals surface area contributed by atoms with E-state index in [2.05, 4.69) is 27.1 Å². The number of carbonyl (C=O) groups is 1. The molecule has 1 aromatic carbocycles. The fraction of sp³-hybridized carbons (Fsp3) is 0.400. The number of benzene rings is 1. The molecule has 0 saturated heterocycles. The second-order valence-electron chi connectivity index (χ2n) is 6.53. The van der Waals surface area contributed by atoms with Crippen molar-refractivity contribution in [2.24, 2.45) is 4.99 Å². The summed E-state index contributed by atoms with van der Waals surface area (Å²) < 4.78 is 5.66. The average molecular weight is 516 g/mol. The zero-order valence-corrected chi connectivity index (χ0v) is 19.9. The van der Waals surface area contributed by atoms with E-state index in [4.69, 9.17) is 4.74 Å². The number of hydrogen-bond acceptors (Lipinski definition) is 4. The van der Waals surface area contributed by atoms with Crippen molar-refractivity contribution in [3.8, 4) is 5.75 Å². The summed E-state index contributed by atoms with van der Waals surface area (Å²) in [6, 6.07) is 11.8. The predicted octanol–water partition coefficient (Wildman–Crippen LogP) is 3.84. The highest BCUT2D eigenvalue weighted by molar-refractivity contribution is 14.0. The molecule has 0 aliphatic rings. The molecular weight excluding hydrogens is 487 g/mol. The predicted molar refractivity (Wildman–Crippen MR) is 128 cm³/mol. The number of nitrogens with one attached hydrogen (secondary N) is 2. The van der Waals surface area contributed by atoms with Crippen molar-refractivity contribution in [3.63, 3.8) is 0 Å². The van der Waals surface area contributed by atoms with Gasteiger partial charge >= 0.3 is 0 Å². The molecular formula is C20H29IN4O2S. The van der Waals surface area contributed by atoms with Gasteiger partial charge in [-0.2, -0.15) is 0 Å². The van der Waals surface area contributed by atoms with Gasteiger partial charge in [0.2, 0.25) is 5.91 Å². The number of hydrogen-bond donors (Lipinski definition) is 2. The van der Waals surface area contributed by atoms with Crippen LogP contribution in [0.3, 0.4) is 0 Å². The van der Waals surface area contributed by atoms with Crippen LogP contribution in [0.1, 0.15) is 18.7 Å². The van der Waals surface area contributed by atoms with Gasteiger partial charge < -0.3 is 20.3 Å². The van der Waals surface area contributed by atoms with Crippen LogP contribution in [-0.4, -0.2) is 50.1 Å². The molecule has 0 aliphatic carbocycles. The molecule has 0 atom stereocenters. The maximum atomic E-state index is 11.9. The lowest BCUT2D eigenvalue weighted by Crippen LogP contribution is -2.34. The van der Waals surface area contributed by atoms with Crippen LogP contribution in [-0.2, 0) is 11.2 Å². The Morgan fingerprint density at radius 3 is 2.50 bits per heavy atom. The summed E-state index contributed by atoms with van der Waals surface area (Å²) in [4.78, 5) is 19.1. The van der Waals surface area contributed by atoms with Crippen LogP contribution < -0.4 is 15.4 Å². The molecule has 0 spiro atoms. The number of thiophene rings is 1. The van der Waals surface area contributed by atoms with Gasteiger partial charge in [0.1, 0.15) is 12.3 Å². The van der Waals surface area contributed by atoms with Gasteiger partial charge in [0.25, 0.3) is 0 Å². The normalized spacial score (nSPS) is 11.0. The summed E-state index contributed by atoms with van der Waals surface area (Å²) in [7, 11) is 3.45. The number of amides is 1. The summed E-state index contributed by atoms with van der Waals surface area (Å²) >= 11 is 1.73. The Labute approximate surface area is 188 Å². The molecule has 28 heavy (non-hydrogen) atoms. The maximum Gasteiger partial charge on any atom is 0.243 e. The second kappa shape index (κ2) is 12.6. The van der Waals surface area contributed by atoms with Crippen molar-refractivity contribution in [2.45, 2.75) is 26.4 Å². The van der Waals surface area contributed by atoms with Gasteiger partial charge in [0.05, 0.1) is 6.10 Å². The molecule has 1 heterocycles. The van der Waals surface area contributed by atoms with E-state index < -0.39 is 0 Å². The van der Waals surface area contributed by atoms with Crippen molar-refractivity contribution in [2.75, 3.05) is 32.5 Å². The highest BCUT2D eigenvalue weighted by Gasteiger charge is 2.06. The molecule has 0 aliphatic heterocycles. The number of carbonyl (C=O) groups excluding carboxylic acids is 1. The molecule has 0 unspecified atom stereocenters. The van der Waals surface area contributed by atoms with E-state index in [0.717, 1.165) is 24.4 Å². The van der Waals surface area contributed by atoms with Crippen molar-refractivity contribution >= 4 is 52.9 Å². The lowest BCUT2D eigenvalue weighted by Gasteiger charge is -2.14. The number of ether oxygens (including phenoxy) is 1. The van der Waals surface area contributed by atoms with Crippen LogP contribution in [0.4, 0.5) is 5.69 Å². The molecule has 8 heteroatoms. The summed E-state index contributed by atoms with van der Waals surface area (Å²) in [6.07, 6.45) is 1.04. The largest absolute Gasteiger partial charge is 0.491 e. The van der Waals surface area contributed by atoms with Crippen LogP contribution in [0.5, 0.6) is 5.75 Å². The summed E-state index contributed by atoms with van der Waals surface area (Å²) in [5, 5.41) is 8.61. The van der Waals surface area contributed by atoms with Crippen molar-refractivity contribution in [1.29, 1.82) is 0 Å². The fourth-order valence-electron chi connectivity index (χ4n) is 2.21. The molecule has 1 amide bonds. The van der Waals surface area contributed by atoms with E-state index >= 15 is 0 Å². The number of halogens is 1. The first kappa shape index (κ1) is 24.2. The Morgan fingerprint density at radius 1 is 1.21 bits per heavy atom. The van der Waals surface area contributed by atoms with E-state index in [0.29, 0.717) is 5.96 Å². The molecule has 154 valence electrons. The Kier molecular flexibility index (Phi) is 10.9. The third-order valence-electron chi connectivity index (χ3n) is 3.60. The zero-order chi connectivity index (χ0) is 19.6. The topological polar surface area (TPSA) is 66.0 Å². The Morgan fingerprint density at radius 2 is 1.93 bits per heavy atom. The SMILES string of the molecule is CC(C)Oc1ccc(NC(=NCC(=O)N(C)C)NCCc2cccs2)cc1.I. The number of likely N-dealkylation sites (N-methyl/N-ethyl adjacent to an activating group) is 1. The Bertz CT molecular complexity index is 731. The van der Waals surface area contributed by atoms with Gasteiger partial charge in [-0.15, -0.1) is 35.3 Å². The van der Waals surface area contributed by atoms with Crippen LogP contribution in [0.2, 0.25) is 0 Å². The lowest BCUT2D eigenvalue weighted by molar-refractivity contribution is -0.127. The number of rotatable bonds is 8. The number of aliphatic imine (C=N–C) groups is 1. The minimum absolute atomic E-state index is 0. The molecule has 0 bridgehead atoms. The third kappa shape index (κ3) is 8.92. The standard InChI is InChI=1S/C20H28N4O2S.HI/c1-15(2)26-17-9-7-16(8-10-17)23-20(22-14-19(25)24(3)4)21-12-11-18-6-5-13-27-18;/h5-10,13,15H,11-12,14H2,1-4H3,(H2,21,22,23);1H. The molecule has 0 saturated carbocycles. The monoisotopic (exact) mass is 516 g/mol. The minimum Gasteiger partial charge on any atom is -0.491 e. The lowest BCUT2D eigenvalue weighted by atomic mass is 10.3. The fourth-order valence-corrected chi connectivity index (χ4v) is 2.92. The zero-order valence-electron chi connectivity index (χ0n) is 16.8. The minimum atomic E-state index is -0.0463. The number of anilines is 1. The molecule has 0 radical (unpaired) electrons. The van der Waals surface area contributed by atoms with Gasteiger partial charge in [0.15, 0.2) is 5.96 Å². The van der Waals surface area contributed by atoms with E-state index in [1.807, 2.05) is 44.2 Å². The van der Waals surface area contributed by atoms with Crippen molar-refractivity contribution < 1.29 is 9.53 Å². The highest BCUT2D eigenvalue weighted by Crippen LogP contribution is 2.17. The van der Waals surface area contributed by atoms with Crippen LogP contribution >= 0.6 is 35.3 Å². The van der Waals surface area contributed by atoms with Crippen LogP contribution in [0, 0.1) is 0 Å². The van der Waals surface area contributed by atoms with Crippen molar-refractivity contribution in [1.82, 2.24) is 10.2 Å². The van der Waals surface area contributed by atoms with E-state index in [-0.39, 0.29) is 42.5 Å². The quantitative estimate of drug-likeness (QED) is 0.318. The summed E-state index contributed by atoms with van der Waals surface area (Å²) in [5.74, 6) is 1.36. The van der Waals surface area contributed by atoms with Gasteiger partial charge in [-0.25, -0.2) is 4.99 Å². The molecule has 2 aromatic rings. The maximum absolute atomic E-state index is 11.9. The second-order valence-corrected chi connectivity index (χ2v) is 7.56.